The molecule has 0 amide bonds. The lowest BCUT2D eigenvalue weighted by Crippen LogP contribution is -2.49. The number of benzene rings is 1. The molecule has 18 heavy (non-hydrogen) atoms. The normalized spacial score (nSPS) is 17.9. The number of ether oxygens (including phenoxy) is 1. The Morgan fingerprint density at radius 2 is 1.78 bits per heavy atom. The van der Waals surface area contributed by atoms with Crippen LogP contribution in [0.2, 0.25) is 0 Å². The van der Waals surface area contributed by atoms with Gasteiger partial charge in [0.1, 0.15) is 25.4 Å². The first-order chi connectivity index (χ1) is 8.74. The molecule has 1 aliphatic rings. The van der Waals surface area contributed by atoms with Crippen molar-refractivity contribution in [1.82, 2.24) is 0 Å². The van der Waals surface area contributed by atoms with Gasteiger partial charge in [-0.1, -0.05) is 0 Å². The van der Waals surface area contributed by atoms with E-state index in [0.717, 1.165) is 29.9 Å². The minimum atomic E-state index is 0.281. The monoisotopic (exact) mass is 362 g/mol. The lowest BCUT2D eigenvalue weighted by Gasteiger charge is -2.33. The molecule has 0 aliphatic carbocycles. The minimum absolute atomic E-state index is 0.281. The summed E-state index contributed by atoms with van der Waals surface area (Å²) in [5.74, 6) is 0.941. The van der Waals surface area contributed by atoms with Gasteiger partial charge in [-0.2, -0.15) is 0 Å². The Hall–Kier alpha value is -0.330. The van der Waals surface area contributed by atoms with Crippen molar-refractivity contribution >= 4 is 22.6 Å². The summed E-state index contributed by atoms with van der Waals surface area (Å²) in [5, 5.41) is 9.18. The van der Waals surface area contributed by atoms with Crippen molar-refractivity contribution in [3.05, 3.63) is 27.8 Å². The van der Waals surface area contributed by atoms with Gasteiger partial charge in [0.25, 0.3) is 0 Å². The van der Waals surface area contributed by atoms with Crippen LogP contribution in [0.5, 0.6) is 5.75 Å². The van der Waals surface area contributed by atoms with Gasteiger partial charge in [0, 0.05) is 16.4 Å². The molecule has 0 spiro atoms. The van der Waals surface area contributed by atoms with Crippen molar-refractivity contribution in [2.75, 3.05) is 39.4 Å². The molecule has 2 rings (SSSR count). The summed E-state index contributed by atoms with van der Waals surface area (Å²) in [4.78, 5) is 0. The number of halogens is 1. The van der Waals surface area contributed by atoms with E-state index in [2.05, 4.69) is 34.7 Å². The Morgan fingerprint density at radius 1 is 1.11 bits per heavy atom. The average Bonchev–Trinajstić information content (AvgIpc) is 2.81. The lowest BCUT2D eigenvalue weighted by atomic mass is 10.3. The molecule has 0 saturated carbocycles. The molecule has 100 valence electrons. The molecule has 1 N–H and O–H groups in total. The molecule has 0 atom stereocenters. The highest BCUT2D eigenvalue weighted by Gasteiger charge is 2.30. The second kappa shape index (κ2) is 6.73. The molecule has 1 saturated heterocycles. The summed E-state index contributed by atoms with van der Waals surface area (Å²) < 4.78 is 8.05. The topological polar surface area (TPSA) is 29.5 Å². The minimum Gasteiger partial charge on any atom is -0.488 e. The van der Waals surface area contributed by atoms with Gasteiger partial charge in [0.2, 0.25) is 0 Å². The van der Waals surface area contributed by atoms with Gasteiger partial charge in [-0.25, -0.2) is 0 Å². The fraction of sp³-hybridized carbons (Fsp3) is 0.571. The van der Waals surface area contributed by atoms with Crippen LogP contribution in [0.25, 0.3) is 0 Å². The molecule has 4 heteroatoms. The predicted octanol–water partition coefficient (Wildman–Crippen LogP) is 2.27. The molecule has 1 aromatic carbocycles. The zero-order chi connectivity index (χ0) is 12.8. The maximum atomic E-state index is 9.18. The average molecular weight is 362 g/mol. The molecule has 1 aliphatic heterocycles. The van der Waals surface area contributed by atoms with Gasteiger partial charge in [0.15, 0.2) is 0 Å². The number of likely N-dealkylation sites (tertiary alicyclic amines) is 1. The molecule has 1 fully saturated rings. The first kappa shape index (κ1) is 14.1. The highest BCUT2D eigenvalue weighted by atomic mass is 127. The largest absolute Gasteiger partial charge is 0.488 e. The van der Waals surface area contributed by atoms with E-state index in [9.17, 15) is 5.11 Å². The molecule has 3 nitrogen and oxygen atoms in total. The Bertz CT molecular complexity index is 361. The molecule has 1 aromatic rings. The maximum Gasteiger partial charge on any atom is 0.137 e. The van der Waals surface area contributed by atoms with Crippen molar-refractivity contribution in [3.8, 4) is 5.75 Å². The molecular formula is C14H21INO2+. The summed E-state index contributed by atoms with van der Waals surface area (Å²) in [6, 6.07) is 8.15. The van der Waals surface area contributed by atoms with Crippen LogP contribution in [0.1, 0.15) is 12.8 Å². The fourth-order valence-corrected chi connectivity index (χ4v) is 3.02. The molecule has 0 aromatic heterocycles. The lowest BCUT2D eigenvalue weighted by molar-refractivity contribution is -0.917. The van der Waals surface area contributed by atoms with Crippen LogP contribution in [0.4, 0.5) is 0 Å². The van der Waals surface area contributed by atoms with Gasteiger partial charge in [-0.3, -0.25) is 0 Å². The van der Waals surface area contributed by atoms with E-state index in [1.165, 1.54) is 29.5 Å². The number of hydrogen-bond donors (Lipinski definition) is 1. The van der Waals surface area contributed by atoms with E-state index in [-0.39, 0.29) is 6.61 Å². The van der Waals surface area contributed by atoms with Crippen molar-refractivity contribution in [1.29, 1.82) is 0 Å². The van der Waals surface area contributed by atoms with Gasteiger partial charge in [-0.15, -0.1) is 0 Å². The SMILES string of the molecule is OCC[N+]1(CCOc2ccc(I)cc2)CCCC1. The molecule has 0 unspecified atom stereocenters. The highest BCUT2D eigenvalue weighted by Crippen LogP contribution is 2.19. The molecule has 1 heterocycles. The first-order valence-corrected chi connectivity index (χ1v) is 7.66. The number of quaternary nitrogens is 1. The van der Waals surface area contributed by atoms with Crippen LogP contribution in [0, 0.1) is 3.57 Å². The number of hydrogen-bond acceptors (Lipinski definition) is 2. The summed E-state index contributed by atoms with van der Waals surface area (Å²) in [5.41, 5.74) is 0. The second-order valence-corrected chi connectivity index (χ2v) is 6.21. The van der Waals surface area contributed by atoms with Gasteiger partial charge in [0.05, 0.1) is 19.7 Å². The van der Waals surface area contributed by atoms with Gasteiger partial charge >= 0.3 is 0 Å². The summed E-state index contributed by atoms with van der Waals surface area (Å²) >= 11 is 2.29. The van der Waals surface area contributed by atoms with E-state index < -0.39 is 0 Å². The fourth-order valence-electron chi connectivity index (χ4n) is 2.67. The highest BCUT2D eigenvalue weighted by molar-refractivity contribution is 14.1. The van der Waals surface area contributed by atoms with Crippen molar-refractivity contribution in [2.45, 2.75) is 12.8 Å². The van der Waals surface area contributed by atoms with E-state index in [1.807, 2.05) is 12.1 Å². The number of rotatable bonds is 6. The second-order valence-electron chi connectivity index (χ2n) is 4.97. The van der Waals surface area contributed by atoms with E-state index in [4.69, 9.17) is 4.74 Å². The third kappa shape index (κ3) is 3.83. The van der Waals surface area contributed by atoms with Gasteiger partial charge < -0.3 is 14.3 Å². The van der Waals surface area contributed by atoms with Crippen LogP contribution in [0.15, 0.2) is 24.3 Å². The Kier molecular flexibility index (Phi) is 5.26. The quantitative estimate of drug-likeness (QED) is 0.622. The van der Waals surface area contributed by atoms with Crippen LogP contribution in [-0.4, -0.2) is 49.0 Å². The molecule has 0 bridgehead atoms. The summed E-state index contributed by atoms with van der Waals surface area (Å²) in [6.45, 7) is 5.28. The third-order valence-electron chi connectivity index (χ3n) is 3.74. The van der Waals surface area contributed by atoms with Crippen LogP contribution in [-0.2, 0) is 0 Å². The van der Waals surface area contributed by atoms with Gasteiger partial charge in [-0.05, 0) is 46.9 Å². The zero-order valence-corrected chi connectivity index (χ0v) is 12.8. The van der Waals surface area contributed by atoms with Crippen molar-refractivity contribution in [3.63, 3.8) is 0 Å². The van der Waals surface area contributed by atoms with Crippen molar-refractivity contribution in [2.24, 2.45) is 0 Å². The summed E-state index contributed by atoms with van der Waals surface area (Å²) in [6.07, 6.45) is 2.56. The van der Waals surface area contributed by atoms with Crippen LogP contribution >= 0.6 is 22.6 Å². The Labute approximate surface area is 122 Å². The van der Waals surface area contributed by atoms with E-state index >= 15 is 0 Å². The Balaban J connectivity index is 1.81. The van der Waals surface area contributed by atoms with E-state index in [0.29, 0.717) is 0 Å². The Morgan fingerprint density at radius 3 is 2.39 bits per heavy atom. The van der Waals surface area contributed by atoms with E-state index in [1.54, 1.807) is 0 Å². The smallest absolute Gasteiger partial charge is 0.137 e. The first-order valence-electron chi connectivity index (χ1n) is 6.58. The predicted molar refractivity (Wildman–Crippen MR) is 80.7 cm³/mol. The van der Waals surface area contributed by atoms with Crippen LogP contribution in [0.3, 0.4) is 0 Å². The number of aliphatic hydroxyl groups is 1. The number of aliphatic hydroxyl groups excluding tert-OH is 1. The molecule has 0 radical (unpaired) electrons. The number of nitrogens with zero attached hydrogens (tertiary/aromatic N) is 1. The van der Waals surface area contributed by atoms with Crippen LogP contribution < -0.4 is 4.74 Å². The standard InChI is InChI=1S/C14H21INO2/c15-13-3-5-14(6-4-13)18-12-10-16(9-11-17)7-1-2-8-16/h3-6,17H,1-2,7-12H2/q+1. The third-order valence-corrected chi connectivity index (χ3v) is 4.46. The maximum absolute atomic E-state index is 9.18. The summed E-state index contributed by atoms with van der Waals surface area (Å²) in [7, 11) is 0. The molecular weight excluding hydrogens is 341 g/mol. The van der Waals surface area contributed by atoms with Crippen molar-refractivity contribution < 1.29 is 14.3 Å². The zero-order valence-electron chi connectivity index (χ0n) is 10.6.